The molecule has 0 aliphatic carbocycles. The van der Waals surface area contributed by atoms with Gasteiger partial charge in [0.2, 0.25) is 0 Å². The number of carbonyl (C=O) groups excluding carboxylic acids is 1. The number of aromatic carboxylic acids is 1. The van der Waals surface area contributed by atoms with Crippen LogP contribution >= 0.6 is 0 Å². The van der Waals surface area contributed by atoms with Crippen LogP contribution in [0.2, 0.25) is 0 Å². The Labute approximate surface area is 123 Å². The molecule has 0 bridgehead atoms. The zero-order valence-corrected chi connectivity index (χ0v) is 11.8. The lowest BCUT2D eigenvalue weighted by molar-refractivity contribution is 0.0697. The van der Waals surface area contributed by atoms with Gasteiger partial charge >= 0.3 is 12.0 Å². The number of carboxylic acid groups (broad SMARTS) is 1. The van der Waals surface area contributed by atoms with Crippen LogP contribution in [-0.2, 0) is 6.42 Å². The van der Waals surface area contributed by atoms with Crippen LogP contribution in [0.1, 0.15) is 15.9 Å². The number of fused-ring (bicyclic) bond motifs is 1. The van der Waals surface area contributed by atoms with Gasteiger partial charge in [0.15, 0.2) is 0 Å². The quantitative estimate of drug-likeness (QED) is 0.846. The predicted molar refractivity (Wildman–Crippen MR) is 81.8 cm³/mol. The van der Waals surface area contributed by atoms with E-state index < -0.39 is 5.97 Å². The highest BCUT2D eigenvalue weighted by Crippen LogP contribution is 2.29. The minimum Gasteiger partial charge on any atom is -0.478 e. The summed E-state index contributed by atoms with van der Waals surface area (Å²) in [6, 6.07) is 4.74. The maximum Gasteiger partial charge on any atom is 0.335 e. The van der Waals surface area contributed by atoms with E-state index in [0.29, 0.717) is 26.1 Å². The van der Waals surface area contributed by atoms with Gasteiger partial charge in [-0.15, -0.1) is 13.2 Å². The lowest BCUT2D eigenvalue weighted by Crippen LogP contribution is -2.42. The molecule has 0 saturated heterocycles. The van der Waals surface area contributed by atoms with Crippen LogP contribution in [0.5, 0.6) is 0 Å². The summed E-state index contributed by atoms with van der Waals surface area (Å²) < 4.78 is 0. The zero-order valence-electron chi connectivity index (χ0n) is 11.8. The average molecular weight is 286 g/mol. The van der Waals surface area contributed by atoms with Crippen LogP contribution in [-0.4, -0.2) is 41.6 Å². The van der Waals surface area contributed by atoms with E-state index >= 15 is 0 Å². The minimum absolute atomic E-state index is 0.114. The molecule has 0 aromatic heterocycles. The number of nitrogens with zero attached hydrogens (tertiary/aromatic N) is 2. The van der Waals surface area contributed by atoms with Crippen molar-refractivity contribution in [3.8, 4) is 0 Å². The molecule has 0 atom stereocenters. The van der Waals surface area contributed by atoms with E-state index in [4.69, 9.17) is 5.11 Å². The fraction of sp³-hybridized carbons (Fsp3) is 0.250. The Hall–Kier alpha value is -2.56. The molecule has 1 heterocycles. The third kappa shape index (κ3) is 2.97. The normalized spacial score (nSPS) is 12.7. The van der Waals surface area contributed by atoms with Gasteiger partial charge in [0, 0.05) is 25.3 Å². The summed E-state index contributed by atoms with van der Waals surface area (Å²) in [7, 11) is 0. The van der Waals surface area contributed by atoms with E-state index in [0.717, 1.165) is 11.3 Å². The lowest BCUT2D eigenvalue weighted by Gasteiger charge is -2.26. The number of hydrogen-bond donors (Lipinski definition) is 1. The molecule has 1 aliphatic rings. The van der Waals surface area contributed by atoms with Gasteiger partial charge < -0.3 is 10.0 Å². The Kier molecular flexibility index (Phi) is 4.42. The van der Waals surface area contributed by atoms with E-state index in [1.165, 1.54) is 6.07 Å². The Balaban J connectivity index is 2.25. The predicted octanol–water partition coefficient (Wildman–Crippen LogP) is 2.54. The van der Waals surface area contributed by atoms with Crippen LogP contribution in [0.15, 0.2) is 43.5 Å². The van der Waals surface area contributed by atoms with Crippen molar-refractivity contribution in [1.82, 2.24) is 4.90 Å². The molecule has 0 unspecified atom stereocenters. The first-order chi connectivity index (χ1) is 10.1. The first-order valence-corrected chi connectivity index (χ1v) is 6.73. The average Bonchev–Trinajstić information content (AvgIpc) is 2.89. The van der Waals surface area contributed by atoms with Crippen molar-refractivity contribution in [3.63, 3.8) is 0 Å². The maximum absolute atomic E-state index is 12.5. The largest absolute Gasteiger partial charge is 0.478 e. The van der Waals surface area contributed by atoms with Crippen molar-refractivity contribution < 1.29 is 14.7 Å². The number of carboxylic acids is 1. The lowest BCUT2D eigenvalue weighted by atomic mass is 10.1. The van der Waals surface area contributed by atoms with Gasteiger partial charge in [-0.05, 0) is 30.2 Å². The first-order valence-electron chi connectivity index (χ1n) is 6.73. The second-order valence-electron chi connectivity index (χ2n) is 4.82. The van der Waals surface area contributed by atoms with Crippen molar-refractivity contribution in [2.24, 2.45) is 0 Å². The Bertz CT molecular complexity index is 585. The minimum atomic E-state index is -0.956. The molecule has 1 aliphatic heterocycles. The molecule has 0 spiro atoms. The van der Waals surface area contributed by atoms with Gasteiger partial charge in [0.1, 0.15) is 0 Å². The van der Waals surface area contributed by atoms with E-state index in [-0.39, 0.29) is 11.6 Å². The van der Waals surface area contributed by atoms with Gasteiger partial charge in [-0.1, -0.05) is 12.2 Å². The van der Waals surface area contributed by atoms with Crippen LogP contribution < -0.4 is 4.90 Å². The van der Waals surface area contributed by atoms with Crippen LogP contribution in [0, 0.1) is 0 Å². The molecule has 0 radical (unpaired) electrons. The summed E-state index contributed by atoms with van der Waals surface area (Å²) >= 11 is 0. The van der Waals surface area contributed by atoms with Crippen LogP contribution in [0.3, 0.4) is 0 Å². The van der Waals surface area contributed by atoms with E-state index in [1.807, 2.05) is 0 Å². The summed E-state index contributed by atoms with van der Waals surface area (Å²) in [6.07, 6.45) is 4.01. The highest BCUT2D eigenvalue weighted by molar-refractivity contribution is 5.96. The molecule has 0 fully saturated rings. The molecule has 110 valence electrons. The second-order valence-corrected chi connectivity index (χ2v) is 4.82. The third-order valence-corrected chi connectivity index (χ3v) is 3.42. The summed E-state index contributed by atoms with van der Waals surface area (Å²) in [5, 5.41) is 9.01. The smallest absolute Gasteiger partial charge is 0.335 e. The van der Waals surface area contributed by atoms with Crippen molar-refractivity contribution >= 4 is 17.7 Å². The maximum atomic E-state index is 12.5. The van der Waals surface area contributed by atoms with Crippen LogP contribution in [0.4, 0.5) is 10.5 Å². The molecule has 2 rings (SSSR count). The second kappa shape index (κ2) is 6.26. The van der Waals surface area contributed by atoms with Gasteiger partial charge in [0.25, 0.3) is 0 Å². The summed E-state index contributed by atoms with van der Waals surface area (Å²) in [6.45, 7) is 8.76. The molecule has 5 heteroatoms. The van der Waals surface area contributed by atoms with E-state index in [9.17, 15) is 9.59 Å². The summed E-state index contributed by atoms with van der Waals surface area (Å²) in [5.41, 5.74) is 1.92. The molecule has 2 amide bonds. The zero-order chi connectivity index (χ0) is 15.4. The SMILES string of the molecule is C=CCN(CC=C)C(=O)N1CCc2cc(C(=O)O)ccc21. The van der Waals surface area contributed by atoms with Crippen molar-refractivity contribution in [3.05, 3.63) is 54.6 Å². The monoisotopic (exact) mass is 286 g/mol. The number of benzene rings is 1. The number of hydrogen-bond acceptors (Lipinski definition) is 2. The van der Waals surface area contributed by atoms with E-state index in [1.54, 1.807) is 34.1 Å². The molecule has 21 heavy (non-hydrogen) atoms. The number of amides is 2. The fourth-order valence-electron chi connectivity index (χ4n) is 2.45. The molecule has 0 saturated carbocycles. The van der Waals surface area contributed by atoms with Crippen molar-refractivity contribution in [2.75, 3.05) is 24.5 Å². The fourth-order valence-corrected chi connectivity index (χ4v) is 2.45. The number of urea groups is 1. The first kappa shape index (κ1) is 14.8. The molecule has 5 nitrogen and oxygen atoms in total. The number of rotatable bonds is 5. The van der Waals surface area contributed by atoms with Gasteiger partial charge in [-0.2, -0.15) is 0 Å². The van der Waals surface area contributed by atoms with Crippen molar-refractivity contribution in [2.45, 2.75) is 6.42 Å². The summed E-state index contributed by atoms with van der Waals surface area (Å²) in [4.78, 5) is 26.8. The standard InChI is InChI=1S/C16H18N2O3/c1-3-8-17(9-4-2)16(21)18-10-7-12-11-13(15(19)20)5-6-14(12)18/h3-6,11H,1-2,7-10H2,(H,19,20). The molecular formula is C16H18N2O3. The molecule has 1 aromatic carbocycles. The van der Waals surface area contributed by atoms with Crippen LogP contribution in [0.25, 0.3) is 0 Å². The Morgan fingerprint density at radius 2 is 1.95 bits per heavy atom. The van der Waals surface area contributed by atoms with Gasteiger partial charge in [-0.3, -0.25) is 4.90 Å². The van der Waals surface area contributed by atoms with Gasteiger partial charge in [-0.25, -0.2) is 9.59 Å². The Morgan fingerprint density at radius 3 is 2.52 bits per heavy atom. The topological polar surface area (TPSA) is 60.9 Å². The van der Waals surface area contributed by atoms with E-state index in [2.05, 4.69) is 13.2 Å². The highest BCUT2D eigenvalue weighted by atomic mass is 16.4. The number of anilines is 1. The molecule has 1 N–H and O–H groups in total. The Morgan fingerprint density at radius 1 is 1.29 bits per heavy atom. The summed E-state index contributed by atoms with van der Waals surface area (Å²) in [5.74, 6) is -0.956. The number of carbonyl (C=O) groups is 2. The van der Waals surface area contributed by atoms with Crippen molar-refractivity contribution in [1.29, 1.82) is 0 Å². The molecular weight excluding hydrogens is 268 g/mol. The third-order valence-electron chi connectivity index (χ3n) is 3.42. The molecule has 1 aromatic rings. The highest BCUT2D eigenvalue weighted by Gasteiger charge is 2.28. The van der Waals surface area contributed by atoms with Gasteiger partial charge in [0.05, 0.1) is 5.56 Å².